The first-order valence-corrected chi connectivity index (χ1v) is 5.34. The maximum Gasteiger partial charge on any atom is 0.152 e. The van der Waals surface area contributed by atoms with Gasteiger partial charge in [-0.25, -0.2) is 9.50 Å². The fourth-order valence-corrected chi connectivity index (χ4v) is 1.73. The Labute approximate surface area is 97.9 Å². The second kappa shape index (κ2) is 3.89. The second-order valence-electron chi connectivity index (χ2n) is 3.77. The molecule has 0 aliphatic rings. The van der Waals surface area contributed by atoms with E-state index in [0.717, 1.165) is 17.0 Å². The monoisotopic (exact) mass is 228 g/mol. The van der Waals surface area contributed by atoms with Gasteiger partial charge in [-0.15, -0.1) is 0 Å². The Kier molecular flexibility index (Phi) is 2.25. The van der Waals surface area contributed by atoms with E-state index in [9.17, 15) is 0 Å². The third-order valence-electron chi connectivity index (χ3n) is 2.53. The highest BCUT2D eigenvalue weighted by atomic mass is 15.3. The summed E-state index contributed by atoms with van der Waals surface area (Å²) in [4.78, 5) is 4.29. The van der Waals surface area contributed by atoms with Gasteiger partial charge in [-0.1, -0.05) is 0 Å². The van der Waals surface area contributed by atoms with E-state index in [1.165, 1.54) is 0 Å². The zero-order chi connectivity index (χ0) is 11.7. The number of nitrogens with one attached hydrogen (secondary N) is 1. The van der Waals surface area contributed by atoms with E-state index in [-0.39, 0.29) is 0 Å². The van der Waals surface area contributed by atoms with Crippen LogP contribution in [0.2, 0.25) is 0 Å². The molecule has 3 heterocycles. The lowest BCUT2D eigenvalue weighted by atomic mass is 10.4. The smallest absolute Gasteiger partial charge is 0.152 e. The van der Waals surface area contributed by atoms with Crippen molar-refractivity contribution in [2.24, 2.45) is 7.05 Å². The van der Waals surface area contributed by atoms with Crippen LogP contribution < -0.4 is 5.32 Å². The van der Waals surface area contributed by atoms with Crippen LogP contribution in [-0.4, -0.2) is 24.4 Å². The molecular formula is C11H12N6. The largest absolute Gasteiger partial charge is 0.363 e. The minimum absolute atomic E-state index is 0.651. The lowest BCUT2D eigenvalue weighted by molar-refractivity contribution is 0.747. The molecule has 86 valence electrons. The summed E-state index contributed by atoms with van der Waals surface area (Å²) in [7, 11) is 1.90. The van der Waals surface area contributed by atoms with Gasteiger partial charge >= 0.3 is 0 Å². The minimum atomic E-state index is 0.651. The van der Waals surface area contributed by atoms with E-state index < -0.39 is 0 Å². The minimum Gasteiger partial charge on any atom is -0.363 e. The average Bonchev–Trinajstić information content (AvgIpc) is 2.94. The van der Waals surface area contributed by atoms with Gasteiger partial charge in [0.05, 0.1) is 18.4 Å². The number of rotatable bonds is 3. The first-order chi connectivity index (χ1) is 8.33. The summed E-state index contributed by atoms with van der Waals surface area (Å²) < 4.78 is 3.57. The van der Waals surface area contributed by atoms with E-state index >= 15 is 0 Å². The van der Waals surface area contributed by atoms with Crippen LogP contribution in [0.15, 0.2) is 36.9 Å². The van der Waals surface area contributed by atoms with Crippen molar-refractivity contribution in [1.29, 1.82) is 0 Å². The molecule has 0 aliphatic carbocycles. The number of fused-ring (bicyclic) bond motifs is 1. The van der Waals surface area contributed by atoms with E-state index in [1.54, 1.807) is 21.6 Å². The number of hydrogen-bond acceptors (Lipinski definition) is 4. The van der Waals surface area contributed by atoms with Crippen molar-refractivity contribution in [3.05, 3.63) is 42.6 Å². The normalized spacial score (nSPS) is 10.9. The Bertz CT molecular complexity index is 638. The van der Waals surface area contributed by atoms with Gasteiger partial charge in [0.25, 0.3) is 0 Å². The predicted molar refractivity (Wildman–Crippen MR) is 63.5 cm³/mol. The molecule has 0 unspecified atom stereocenters. The lowest BCUT2D eigenvalue weighted by Crippen LogP contribution is -2.04. The molecule has 6 heteroatoms. The number of anilines is 1. The summed E-state index contributed by atoms with van der Waals surface area (Å²) in [6.45, 7) is 0.651. The fourth-order valence-electron chi connectivity index (χ4n) is 1.73. The first-order valence-electron chi connectivity index (χ1n) is 5.34. The van der Waals surface area contributed by atoms with Gasteiger partial charge in [0, 0.05) is 25.6 Å². The fraction of sp³-hybridized carbons (Fsp3) is 0.182. The predicted octanol–water partition coefficient (Wildman–Crippen LogP) is 1.07. The van der Waals surface area contributed by atoms with Gasteiger partial charge in [-0.05, 0) is 12.1 Å². The summed E-state index contributed by atoms with van der Waals surface area (Å²) in [5, 5.41) is 11.7. The molecule has 3 aromatic heterocycles. The third kappa shape index (κ3) is 1.84. The van der Waals surface area contributed by atoms with Gasteiger partial charge in [-0.2, -0.15) is 10.2 Å². The zero-order valence-corrected chi connectivity index (χ0v) is 9.41. The molecule has 0 saturated carbocycles. The van der Waals surface area contributed by atoms with Crippen molar-refractivity contribution >= 4 is 11.3 Å². The summed E-state index contributed by atoms with van der Waals surface area (Å²) >= 11 is 0. The molecule has 0 aliphatic heterocycles. The van der Waals surface area contributed by atoms with Gasteiger partial charge < -0.3 is 5.32 Å². The Morgan fingerprint density at radius 1 is 1.24 bits per heavy atom. The molecule has 3 rings (SSSR count). The molecule has 0 bridgehead atoms. The van der Waals surface area contributed by atoms with Gasteiger partial charge in [-0.3, -0.25) is 4.68 Å². The molecule has 0 saturated heterocycles. The highest BCUT2D eigenvalue weighted by molar-refractivity contribution is 5.66. The maximum atomic E-state index is 4.30. The van der Waals surface area contributed by atoms with Gasteiger partial charge in [0.15, 0.2) is 5.82 Å². The molecule has 0 fully saturated rings. The van der Waals surface area contributed by atoms with Gasteiger partial charge in [0.1, 0.15) is 5.52 Å². The standard InChI is InChI=1S/C11H12N6/c1-16-6-3-9(15-16)8-13-11-10-2-4-14-17(10)7-5-12-11/h2-7H,8H2,1H3,(H,12,13). The van der Waals surface area contributed by atoms with Crippen molar-refractivity contribution in [3.63, 3.8) is 0 Å². The summed E-state index contributed by atoms with van der Waals surface area (Å²) in [5.74, 6) is 0.815. The van der Waals surface area contributed by atoms with Crippen LogP contribution in [0.3, 0.4) is 0 Å². The Morgan fingerprint density at radius 2 is 2.18 bits per heavy atom. The van der Waals surface area contributed by atoms with Crippen LogP contribution in [0.5, 0.6) is 0 Å². The van der Waals surface area contributed by atoms with Crippen LogP contribution >= 0.6 is 0 Å². The SMILES string of the molecule is Cn1ccc(CNc2nccn3nccc23)n1. The topological polar surface area (TPSA) is 60.0 Å². The second-order valence-corrected chi connectivity index (χ2v) is 3.77. The quantitative estimate of drug-likeness (QED) is 0.728. The van der Waals surface area contributed by atoms with Crippen molar-refractivity contribution in [3.8, 4) is 0 Å². The van der Waals surface area contributed by atoms with Crippen LogP contribution in [0.25, 0.3) is 5.52 Å². The summed E-state index contributed by atoms with van der Waals surface area (Å²) in [5.41, 5.74) is 1.94. The molecule has 0 radical (unpaired) electrons. The number of aryl methyl sites for hydroxylation is 1. The molecule has 0 spiro atoms. The third-order valence-corrected chi connectivity index (χ3v) is 2.53. The molecule has 3 aromatic rings. The molecule has 17 heavy (non-hydrogen) atoms. The highest BCUT2D eigenvalue weighted by Gasteiger charge is 2.03. The van der Waals surface area contributed by atoms with Crippen LogP contribution in [0, 0.1) is 0 Å². The molecule has 1 N–H and O–H groups in total. The Balaban J connectivity index is 1.83. The Morgan fingerprint density at radius 3 is 3.00 bits per heavy atom. The molecular weight excluding hydrogens is 216 g/mol. The van der Waals surface area contributed by atoms with Crippen LogP contribution in [0.1, 0.15) is 5.69 Å². The summed E-state index contributed by atoms with van der Waals surface area (Å²) in [6, 6.07) is 3.90. The van der Waals surface area contributed by atoms with Crippen molar-refractivity contribution in [2.45, 2.75) is 6.54 Å². The molecule has 0 atom stereocenters. The van der Waals surface area contributed by atoms with E-state index in [1.807, 2.05) is 31.6 Å². The zero-order valence-electron chi connectivity index (χ0n) is 9.41. The number of nitrogens with zero attached hydrogens (tertiary/aromatic N) is 5. The van der Waals surface area contributed by atoms with Crippen molar-refractivity contribution < 1.29 is 0 Å². The Hall–Kier alpha value is -2.37. The van der Waals surface area contributed by atoms with Gasteiger partial charge in [0.2, 0.25) is 0 Å². The average molecular weight is 228 g/mol. The van der Waals surface area contributed by atoms with E-state index in [2.05, 4.69) is 20.5 Å². The summed E-state index contributed by atoms with van der Waals surface area (Å²) in [6.07, 6.45) is 7.22. The van der Waals surface area contributed by atoms with Crippen molar-refractivity contribution in [1.82, 2.24) is 24.4 Å². The highest BCUT2D eigenvalue weighted by Crippen LogP contribution is 2.12. The maximum absolute atomic E-state index is 4.30. The van der Waals surface area contributed by atoms with Crippen LogP contribution in [-0.2, 0) is 13.6 Å². The molecule has 6 nitrogen and oxygen atoms in total. The lowest BCUT2D eigenvalue weighted by Gasteiger charge is -2.04. The molecule has 0 amide bonds. The first kappa shape index (κ1) is 9.83. The van der Waals surface area contributed by atoms with E-state index in [0.29, 0.717) is 6.54 Å². The number of aromatic nitrogens is 5. The van der Waals surface area contributed by atoms with Crippen LogP contribution in [0.4, 0.5) is 5.82 Å². The number of hydrogen-bond donors (Lipinski definition) is 1. The van der Waals surface area contributed by atoms with E-state index in [4.69, 9.17) is 0 Å². The molecule has 0 aromatic carbocycles. The van der Waals surface area contributed by atoms with Crippen molar-refractivity contribution in [2.75, 3.05) is 5.32 Å².